The second-order valence-corrected chi connectivity index (χ2v) is 4.90. The van der Waals surface area contributed by atoms with Gasteiger partial charge in [-0.25, -0.2) is 0 Å². The fraction of sp³-hybridized carbons (Fsp3) is 0.500. The number of anilines is 1. The van der Waals surface area contributed by atoms with Gasteiger partial charge in [-0.2, -0.15) is 0 Å². The highest BCUT2D eigenvalue weighted by Gasteiger charge is 2.35. The predicted octanol–water partition coefficient (Wildman–Crippen LogP) is 1.76. The summed E-state index contributed by atoms with van der Waals surface area (Å²) in [5.74, 6) is -0.115. The van der Waals surface area contributed by atoms with Gasteiger partial charge in [0.25, 0.3) is 5.91 Å². The van der Waals surface area contributed by atoms with Gasteiger partial charge in [0.2, 0.25) is 0 Å². The topological polar surface area (TPSA) is 61.4 Å². The molecule has 3 N–H and O–H groups in total. The maximum absolute atomic E-state index is 12.3. The summed E-state index contributed by atoms with van der Waals surface area (Å²) in [7, 11) is 1.80. The van der Waals surface area contributed by atoms with E-state index in [1.54, 1.807) is 13.1 Å². The standard InChI is InChI=1S/C14H20N2O2/c1-15-12-7-3-2-6-11(12)13(18)16-14(10-17)8-4-5-9-14/h2-3,6-7,15,17H,4-5,8-10H2,1H3,(H,16,18). The summed E-state index contributed by atoms with van der Waals surface area (Å²) in [4.78, 5) is 12.3. The normalized spacial score (nSPS) is 17.4. The van der Waals surface area contributed by atoms with Crippen molar-refractivity contribution in [1.29, 1.82) is 0 Å². The molecule has 1 aliphatic carbocycles. The number of carbonyl (C=O) groups excluding carboxylic acids is 1. The first-order valence-electron chi connectivity index (χ1n) is 6.41. The van der Waals surface area contributed by atoms with Gasteiger partial charge < -0.3 is 15.7 Å². The number of aliphatic hydroxyl groups excluding tert-OH is 1. The summed E-state index contributed by atoms with van der Waals surface area (Å²) < 4.78 is 0. The Labute approximate surface area is 107 Å². The average Bonchev–Trinajstić information content (AvgIpc) is 2.87. The van der Waals surface area contributed by atoms with Crippen molar-refractivity contribution < 1.29 is 9.90 Å². The first-order valence-corrected chi connectivity index (χ1v) is 6.41. The van der Waals surface area contributed by atoms with Crippen LogP contribution in [0.3, 0.4) is 0 Å². The predicted molar refractivity (Wildman–Crippen MR) is 71.7 cm³/mol. The Bertz CT molecular complexity index is 426. The zero-order valence-corrected chi connectivity index (χ0v) is 10.7. The minimum atomic E-state index is -0.419. The molecule has 4 heteroatoms. The van der Waals surface area contributed by atoms with Crippen LogP contribution in [0.2, 0.25) is 0 Å². The zero-order valence-electron chi connectivity index (χ0n) is 10.7. The number of aliphatic hydroxyl groups is 1. The summed E-state index contributed by atoms with van der Waals surface area (Å²) in [6, 6.07) is 7.40. The van der Waals surface area contributed by atoms with Crippen LogP contribution in [-0.2, 0) is 0 Å². The second-order valence-electron chi connectivity index (χ2n) is 4.90. The molecule has 1 aromatic carbocycles. The van der Waals surface area contributed by atoms with Crippen molar-refractivity contribution in [2.75, 3.05) is 19.0 Å². The highest BCUT2D eigenvalue weighted by molar-refractivity contribution is 6.00. The Morgan fingerprint density at radius 3 is 2.61 bits per heavy atom. The molecule has 1 aliphatic rings. The van der Waals surface area contributed by atoms with Crippen LogP contribution in [0, 0.1) is 0 Å². The van der Waals surface area contributed by atoms with Gasteiger partial charge in [-0.3, -0.25) is 4.79 Å². The third kappa shape index (κ3) is 2.48. The van der Waals surface area contributed by atoms with Crippen LogP contribution in [0.4, 0.5) is 5.69 Å². The number of nitrogens with one attached hydrogen (secondary N) is 2. The fourth-order valence-electron chi connectivity index (χ4n) is 2.58. The Morgan fingerprint density at radius 1 is 1.33 bits per heavy atom. The third-order valence-corrected chi connectivity index (χ3v) is 3.68. The maximum Gasteiger partial charge on any atom is 0.253 e. The molecule has 98 valence electrons. The van der Waals surface area contributed by atoms with Gasteiger partial charge in [-0.1, -0.05) is 25.0 Å². The second kappa shape index (κ2) is 5.40. The van der Waals surface area contributed by atoms with E-state index in [9.17, 15) is 9.90 Å². The van der Waals surface area contributed by atoms with E-state index in [0.717, 1.165) is 31.4 Å². The van der Waals surface area contributed by atoms with E-state index in [2.05, 4.69) is 10.6 Å². The lowest BCUT2D eigenvalue weighted by atomic mass is 9.98. The number of hydrogen-bond acceptors (Lipinski definition) is 3. The first kappa shape index (κ1) is 12.9. The van der Waals surface area contributed by atoms with Crippen LogP contribution in [0.25, 0.3) is 0 Å². The molecule has 0 spiro atoms. The van der Waals surface area contributed by atoms with Gasteiger partial charge in [-0.05, 0) is 25.0 Å². The lowest BCUT2D eigenvalue weighted by Gasteiger charge is -2.28. The van der Waals surface area contributed by atoms with E-state index >= 15 is 0 Å². The lowest BCUT2D eigenvalue weighted by Crippen LogP contribution is -2.49. The van der Waals surface area contributed by atoms with Gasteiger partial charge in [-0.15, -0.1) is 0 Å². The average molecular weight is 248 g/mol. The van der Waals surface area contributed by atoms with Gasteiger partial charge in [0, 0.05) is 12.7 Å². The van der Waals surface area contributed by atoms with Crippen LogP contribution >= 0.6 is 0 Å². The molecule has 0 radical (unpaired) electrons. The quantitative estimate of drug-likeness (QED) is 0.761. The highest BCUT2D eigenvalue weighted by Crippen LogP contribution is 2.29. The summed E-state index contributed by atoms with van der Waals surface area (Å²) in [6.07, 6.45) is 3.84. The van der Waals surface area contributed by atoms with Crippen LogP contribution in [0.15, 0.2) is 24.3 Å². The zero-order chi connectivity index (χ0) is 13.0. The summed E-state index contributed by atoms with van der Waals surface area (Å²) >= 11 is 0. The molecule has 0 aliphatic heterocycles. The van der Waals surface area contributed by atoms with Gasteiger partial charge in [0.15, 0.2) is 0 Å². The Morgan fingerprint density at radius 2 is 2.00 bits per heavy atom. The SMILES string of the molecule is CNc1ccccc1C(=O)NC1(CO)CCCC1. The van der Waals surface area contributed by atoms with Crippen LogP contribution in [0.5, 0.6) is 0 Å². The van der Waals surface area contributed by atoms with Crippen molar-refractivity contribution >= 4 is 11.6 Å². The van der Waals surface area contributed by atoms with Crippen molar-refractivity contribution in [2.24, 2.45) is 0 Å². The molecule has 0 unspecified atom stereocenters. The summed E-state index contributed by atoms with van der Waals surface area (Å²) in [5.41, 5.74) is 1.01. The van der Waals surface area contributed by atoms with Crippen molar-refractivity contribution in [1.82, 2.24) is 5.32 Å². The van der Waals surface area contributed by atoms with Crippen LogP contribution < -0.4 is 10.6 Å². The highest BCUT2D eigenvalue weighted by atomic mass is 16.3. The molecule has 0 heterocycles. The number of rotatable bonds is 4. The number of amides is 1. The van der Waals surface area contributed by atoms with Gasteiger partial charge in [0.05, 0.1) is 17.7 Å². The van der Waals surface area contributed by atoms with E-state index in [1.165, 1.54) is 0 Å². The van der Waals surface area contributed by atoms with E-state index < -0.39 is 5.54 Å². The Balaban J connectivity index is 2.16. The summed E-state index contributed by atoms with van der Waals surface area (Å²) in [5, 5.41) is 15.5. The third-order valence-electron chi connectivity index (χ3n) is 3.68. The first-order chi connectivity index (χ1) is 8.71. The number of benzene rings is 1. The van der Waals surface area contributed by atoms with E-state index in [-0.39, 0.29) is 12.5 Å². The Hall–Kier alpha value is -1.55. The molecule has 4 nitrogen and oxygen atoms in total. The monoisotopic (exact) mass is 248 g/mol. The maximum atomic E-state index is 12.3. The fourth-order valence-corrected chi connectivity index (χ4v) is 2.58. The van der Waals surface area contributed by atoms with Crippen molar-refractivity contribution in [3.8, 4) is 0 Å². The molecule has 1 amide bonds. The molecule has 18 heavy (non-hydrogen) atoms. The van der Waals surface area contributed by atoms with Crippen molar-refractivity contribution in [3.05, 3.63) is 29.8 Å². The minimum absolute atomic E-state index is 0.0143. The molecule has 0 aromatic heterocycles. The molecule has 0 bridgehead atoms. The lowest BCUT2D eigenvalue weighted by molar-refractivity contribution is 0.0839. The number of para-hydroxylation sites is 1. The van der Waals surface area contributed by atoms with E-state index in [4.69, 9.17) is 0 Å². The molecule has 1 saturated carbocycles. The van der Waals surface area contributed by atoms with Crippen LogP contribution in [-0.4, -0.2) is 30.2 Å². The smallest absolute Gasteiger partial charge is 0.253 e. The molecule has 0 atom stereocenters. The molecule has 1 aromatic rings. The number of hydrogen-bond donors (Lipinski definition) is 3. The van der Waals surface area contributed by atoms with Crippen LogP contribution in [0.1, 0.15) is 36.0 Å². The molecule has 0 saturated heterocycles. The van der Waals surface area contributed by atoms with Gasteiger partial charge >= 0.3 is 0 Å². The van der Waals surface area contributed by atoms with Crippen molar-refractivity contribution in [3.63, 3.8) is 0 Å². The van der Waals surface area contributed by atoms with E-state index in [1.807, 2.05) is 18.2 Å². The summed E-state index contributed by atoms with van der Waals surface area (Å²) in [6.45, 7) is 0.0143. The molecular formula is C14H20N2O2. The number of carbonyl (C=O) groups is 1. The van der Waals surface area contributed by atoms with Crippen molar-refractivity contribution in [2.45, 2.75) is 31.2 Å². The largest absolute Gasteiger partial charge is 0.394 e. The Kier molecular flexibility index (Phi) is 3.87. The molecular weight excluding hydrogens is 228 g/mol. The minimum Gasteiger partial charge on any atom is -0.394 e. The molecule has 1 fully saturated rings. The van der Waals surface area contributed by atoms with E-state index in [0.29, 0.717) is 5.56 Å². The van der Waals surface area contributed by atoms with Gasteiger partial charge in [0.1, 0.15) is 0 Å². The molecule has 2 rings (SSSR count).